The number of benzene rings is 1. The number of halogens is 3. The molecule has 1 fully saturated rings. The molecule has 1 aromatic carbocycles. The molecule has 1 aliphatic carbocycles. The zero-order chi connectivity index (χ0) is 30.5. The first-order valence-electron chi connectivity index (χ1n) is 13.1. The second kappa shape index (κ2) is 12.7. The van der Waals surface area contributed by atoms with Crippen molar-refractivity contribution >= 4 is 35.5 Å². The zero-order valence-corrected chi connectivity index (χ0v) is 23.4. The lowest BCUT2D eigenvalue weighted by atomic mass is 9.98. The molecule has 0 spiro atoms. The summed E-state index contributed by atoms with van der Waals surface area (Å²) in [5.74, 6) is -2.72. The van der Waals surface area contributed by atoms with Crippen LogP contribution in [0.25, 0.3) is 10.9 Å². The molecule has 3 amide bonds. The van der Waals surface area contributed by atoms with Crippen LogP contribution in [0.4, 0.5) is 18.0 Å². The highest BCUT2D eigenvalue weighted by molar-refractivity contribution is 5.93. The van der Waals surface area contributed by atoms with Gasteiger partial charge in [-0.3, -0.25) is 9.59 Å². The monoisotopic (exact) mass is 583 g/mol. The molecular formula is C27H34F3N4O7+. The number of nitrogens with zero attached hydrogens (tertiary/aromatic N) is 3. The second-order valence-electron chi connectivity index (χ2n) is 10.7. The number of amides is 3. The normalized spacial score (nSPS) is 17.8. The summed E-state index contributed by atoms with van der Waals surface area (Å²) in [5, 5.41) is 0.321. The fraction of sp³-hybridized carbons (Fsp3) is 0.556. The SMILES string of the molecule is C=[N+](CCN(C(=O)OC(C)(C)C)C(=O)C1CCCC(Oc2cc3c(=O)[nH]cnc3cc2OC)CC1)C(=O)C(F)(F)F. The largest absolute Gasteiger partial charge is 0.521 e. The van der Waals surface area contributed by atoms with Crippen LogP contribution in [0.1, 0.15) is 52.9 Å². The van der Waals surface area contributed by atoms with Crippen molar-refractivity contribution in [3.8, 4) is 11.5 Å². The molecule has 2 aromatic rings. The number of imide groups is 1. The van der Waals surface area contributed by atoms with Crippen LogP contribution in [-0.2, 0) is 14.3 Å². The number of carbonyl (C=O) groups is 3. The van der Waals surface area contributed by atoms with E-state index in [-0.39, 0.29) is 16.2 Å². The Hall–Kier alpha value is -3.97. The standard InChI is InChI=1S/C27H33F3N4O7/c1-26(2,3)41-25(38)34(12-11-33(4)24(37)27(28,29)30)23(36)16-7-6-8-17(10-9-16)40-21-13-18-19(14-20(21)39-5)31-15-32-22(18)35/h13-17H,4,6-12H2,1-3,5H3/p+1. The lowest BCUT2D eigenvalue weighted by Crippen LogP contribution is -2.47. The van der Waals surface area contributed by atoms with Gasteiger partial charge in [-0.1, -0.05) is 0 Å². The van der Waals surface area contributed by atoms with E-state index in [0.29, 0.717) is 54.5 Å². The van der Waals surface area contributed by atoms with Crippen molar-refractivity contribution in [2.75, 3.05) is 20.2 Å². The van der Waals surface area contributed by atoms with Crippen LogP contribution in [0.5, 0.6) is 11.5 Å². The number of hydrogen-bond acceptors (Lipinski definition) is 8. The number of aromatic nitrogens is 2. The summed E-state index contributed by atoms with van der Waals surface area (Å²) >= 11 is 0. The van der Waals surface area contributed by atoms with Crippen LogP contribution >= 0.6 is 0 Å². The van der Waals surface area contributed by atoms with E-state index in [1.807, 2.05) is 0 Å². The van der Waals surface area contributed by atoms with Gasteiger partial charge in [0, 0.05) is 12.0 Å². The Labute approximate surface area is 234 Å². The van der Waals surface area contributed by atoms with Crippen LogP contribution in [0, 0.1) is 5.92 Å². The van der Waals surface area contributed by atoms with E-state index < -0.39 is 48.7 Å². The molecular weight excluding hydrogens is 549 g/mol. The van der Waals surface area contributed by atoms with Crippen LogP contribution < -0.4 is 15.0 Å². The van der Waals surface area contributed by atoms with Crippen molar-refractivity contribution in [3.05, 3.63) is 28.8 Å². The van der Waals surface area contributed by atoms with Gasteiger partial charge in [0.25, 0.3) is 5.56 Å². The van der Waals surface area contributed by atoms with Gasteiger partial charge in [0.1, 0.15) is 12.3 Å². The lowest BCUT2D eigenvalue weighted by Gasteiger charge is -2.28. The number of nitrogens with one attached hydrogen (secondary N) is 1. The average molecular weight is 584 g/mol. The number of alkyl halides is 3. The van der Waals surface area contributed by atoms with Gasteiger partial charge in [0.2, 0.25) is 5.91 Å². The number of rotatable bonds is 7. The minimum Gasteiger partial charge on any atom is -0.493 e. The summed E-state index contributed by atoms with van der Waals surface area (Å²) in [6, 6.07) is 3.14. The van der Waals surface area contributed by atoms with Crippen molar-refractivity contribution in [1.29, 1.82) is 0 Å². The van der Waals surface area contributed by atoms with Crippen LogP contribution in [-0.4, -0.2) is 82.1 Å². The van der Waals surface area contributed by atoms with Gasteiger partial charge >= 0.3 is 18.2 Å². The Morgan fingerprint density at radius 3 is 2.46 bits per heavy atom. The number of fused-ring (bicyclic) bond motifs is 1. The van der Waals surface area contributed by atoms with Crippen LogP contribution in [0.15, 0.2) is 23.3 Å². The van der Waals surface area contributed by atoms with Crippen LogP contribution in [0.2, 0.25) is 0 Å². The summed E-state index contributed by atoms with van der Waals surface area (Å²) < 4.78 is 55.5. The third-order valence-corrected chi connectivity index (χ3v) is 6.49. The first-order valence-corrected chi connectivity index (χ1v) is 13.1. The molecule has 1 aromatic heterocycles. The summed E-state index contributed by atoms with van der Waals surface area (Å²) in [4.78, 5) is 57.5. The number of aromatic amines is 1. The third-order valence-electron chi connectivity index (χ3n) is 6.49. The highest BCUT2D eigenvalue weighted by atomic mass is 19.4. The molecule has 3 rings (SSSR count). The molecule has 0 aliphatic heterocycles. The molecule has 11 nitrogen and oxygen atoms in total. The second-order valence-corrected chi connectivity index (χ2v) is 10.7. The Bertz CT molecular complexity index is 1370. The highest BCUT2D eigenvalue weighted by Gasteiger charge is 2.48. The van der Waals surface area contributed by atoms with Gasteiger partial charge < -0.3 is 19.2 Å². The minimum absolute atomic E-state index is 0.166. The Kier molecular flexibility index (Phi) is 9.77. The van der Waals surface area contributed by atoms with Crippen molar-refractivity contribution in [1.82, 2.24) is 14.9 Å². The highest BCUT2D eigenvalue weighted by Crippen LogP contribution is 2.34. The van der Waals surface area contributed by atoms with Gasteiger partial charge in [0.05, 0.1) is 37.0 Å². The molecule has 2 unspecified atom stereocenters. The van der Waals surface area contributed by atoms with E-state index >= 15 is 0 Å². The fourth-order valence-corrected chi connectivity index (χ4v) is 4.47. The quantitative estimate of drug-likeness (QED) is 0.296. The van der Waals surface area contributed by atoms with Crippen molar-refractivity contribution in [2.24, 2.45) is 5.92 Å². The number of carbonyl (C=O) groups excluding carboxylic acids is 3. The van der Waals surface area contributed by atoms with Gasteiger partial charge in [-0.25, -0.2) is 19.5 Å². The van der Waals surface area contributed by atoms with E-state index in [1.54, 1.807) is 32.9 Å². The molecule has 1 aliphatic rings. The first-order chi connectivity index (χ1) is 19.1. The van der Waals surface area contributed by atoms with Crippen LogP contribution in [0.3, 0.4) is 0 Å². The maximum atomic E-state index is 13.5. The van der Waals surface area contributed by atoms with Gasteiger partial charge in [-0.2, -0.15) is 17.7 Å². The molecule has 224 valence electrons. The Morgan fingerprint density at radius 1 is 1.12 bits per heavy atom. The van der Waals surface area contributed by atoms with Gasteiger partial charge in [-0.15, -0.1) is 0 Å². The molecule has 14 heteroatoms. The smallest absolute Gasteiger partial charge is 0.493 e. The zero-order valence-electron chi connectivity index (χ0n) is 23.4. The number of H-pyrrole nitrogens is 1. The number of hydrogen-bond donors (Lipinski definition) is 1. The molecule has 41 heavy (non-hydrogen) atoms. The molecule has 0 radical (unpaired) electrons. The molecule has 2 atom stereocenters. The van der Waals surface area contributed by atoms with E-state index in [0.717, 1.165) is 4.90 Å². The summed E-state index contributed by atoms with van der Waals surface area (Å²) in [6.07, 6.45) is -2.98. The molecule has 0 bridgehead atoms. The maximum Gasteiger partial charge on any atom is 0.521 e. The Balaban J connectivity index is 1.74. The number of ether oxygens (including phenoxy) is 3. The molecule has 1 N–H and O–H groups in total. The topological polar surface area (TPSA) is 131 Å². The lowest BCUT2D eigenvalue weighted by molar-refractivity contribution is -0.460. The summed E-state index contributed by atoms with van der Waals surface area (Å²) in [5.41, 5.74) is -0.876. The number of methoxy groups -OCH3 is 1. The van der Waals surface area contributed by atoms with Gasteiger partial charge in [0.15, 0.2) is 18.0 Å². The van der Waals surface area contributed by atoms with Crippen molar-refractivity contribution in [3.63, 3.8) is 0 Å². The fourth-order valence-electron chi connectivity index (χ4n) is 4.47. The summed E-state index contributed by atoms with van der Waals surface area (Å²) in [7, 11) is 1.46. The average Bonchev–Trinajstić information content (AvgIpc) is 3.12. The van der Waals surface area contributed by atoms with E-state index in [4.69, 9.17) is 14.2 Å². The molecule has 0 saturated heterocycles. The molecule has 1 saturated carbocycles. The first kappa shape index (κ1) is 31.6. The third kappa shape index (κ3) is 8.27. The summed E-state index contributed by atoms with van der Waals surface area (Å²) in [6.45, 7) is 6.73. The van der Waals surface area contributed by atoms with Crippen molar-refractivity contribution < 1.29 is 46.3 Å². The maximum absolute atomic E-state index is 13.5. The molecule has 1 heterocycles. The van der Waals surface area contributed by atoms with E-state index in [1.165, 1.54) is 13.4 Å². The van der Waals surface area contributed by atoms with E-state index in [9.17, 15) is 32.3 Å². The predicted octanol–water partition coefficient (Wildman–Crippen LogP) is 3.83. The van der Waals surface area contributed by atoms with E-state index in [2.05, 4.69) is 16.7 Å². The van der Waals surface area contributed by atoms with Crippen molar-refractivity contribution in [2.45, 2.75) is 70.8 Å². The minimum atomic E-state index is -5.14. The Morgan fingerprint density at radius 2 is 1.83 bits per heavy atom. The predicted molar refractivity (Wildman–Crippen MR) is 141 cm³/mol. The van der Waals surface area contributed by atoms with Gasteiger partial charge in [-0.05, 0) is 58.9 Å².